The molecule has 0 unspecified atom stereocenters. The molecule has 2 heterocycles. The summed E-state index contributed by atoms with van der Waals surface area (Å²) in [5, 5.41) is 22.0. The Kier molecular flexibility index (Phi) is 24.0. The van der Waals surface area contributed by atoms with Gasteiger partial charge in [0.05, 0.1) is 5.75 Å². The Morgan fingerprint density at radius 1 is 0.747 bits per heavy atom. The molecule has 0 aliphatic carbocycles. The van der Waals surface area contributed by atoms with Gasteiger partial charge in [-0.2, -0.15) is 0 Å². The number of nitrogens with zero attached hydrogens (tertiary/aromatic N) is 1. The standard InChI is InChI=1S/C50H73N13O11S/c1-4-5-17-36(57-30(2)64)44(67)60-38-21-22-42(65)54-24-12-11-19-35(43(51)66)58-49(72)41(28-32-29-56-34-18-10-9-16-33(32)34)63-45(68)37(20-13-25-55-50(52)53)59-48(71)40(27-31-14-7-6-8-15-31)62-47(70)39(61-46(38)69)23-26-75(3,73)74/h6-10,14-16,18,29,35-41,56H,4-5,11-13,17,19-28H2,1-3H3,(H2,51,66)(H,54,65)(H,57,64)(H,58,72)(H,59,71)(H,60,67)(H,61,69)(H,62,70)(H,63,68)(H4,52,53,55)/t35-,36-,37-,38-,39-,40+,41-/m0/s1. The molecule has 4 rings (SSSR count). The first kappa shape index (κ1) is 60.0. The number of nitrogens with two attached hydrogens (primary N) is 3. The first-order valence-corrected chi connectivity index (χ1v) is 27.2. The maximum atomic E-state index is 14.6. The molecule has 1 aliphatic heterocycles. The molecule has 1 aliphatic rings. The summed E-state index contributed by atoms with van der Waals surface area (Å²) in [7, 11) is -3.77. The van der Waals surface area contributed by atoms with Gasteiger partial charge in [0, 0.05) is 62.6 Å². The van der Waals surface area contributed by atoms with Crippen LogP contribution in [0.3, 0.4) is 0 Å². The van der Waals surface area contributed by atoms with E-state index in [0.717, 1.165) is 17.2 Å². The number of rotatable bonds is 18. The lowest BCUT2D eigenvalue weighted by Crippen LogP contribution is -2.60. The number of aromatic amines is 1. The van der Waals surface area contributed by atoms with Gasteiger partial charge in [-0.25, -0.2) is 8.42 Å². The highest BCUT2D eigenvalue weighted by Gasteiger charge is 2.35. The van der Waals surface area contributed by atoms with Crippen LogP contribution in [-0.4, -0.2) is 140 Å². The third-order valence-corrected chi connectivity index (χ3v) is 13.3. The fraction of sp³-hybridized carbons (Fsp3) is 0.520. The topological polar surface area (TPSA) is 390 Å². The Balaban J connectivity index is 1.80. The highest BCUT2D eigenvalue weighted by molar-refractivity contribution is 7.90. The van der Waals surface area contributed by atoms with Gasteiger partial charge in [0.25, 0.3) is 0 Å². The first-order valence-electron chi connectivity index (χ1n) is 25.1. The van der Waals surface area contributed by atoms with Gasteiger partial charge in [0.2, 0.25) is 53.2 Å². The predicted octanol–water partition coefficient (Wildman–Crippen LogP) is -1.39. The quantitative estimate of drug-likeness (QED) is 0.0397. The number of amides is 9. The van der Waals surface area contributed by atoms with E-state index in [1.807, 2.05) is 25.1 Å². The number of aromatic nitrogens is 1. The second kappa shape index (κ2) is 30.0. The van der Waals surface area contributed by atoms with Gasteiger partial charge >= 0.3 is 0 Å². The van der Waals surface area contributed by atoms with Crippen LogP contribution in [0.2, 0.25) is 0 Å². The number of para-hydroxylation sites is 1. The van der Waals surface area contributed by atoms with Crippen LogP contribution in [0, 0.1) is 0 Å². The van der Waals surface area contributed by atoms with Crippen molar-refractivity contribution in [1.29, 1.82) is 0 Å². The third-order valence-electron chi connectivity index (χ3n) is 12.4. The van der Waals surface area contributed by atoms with Gasteiger partial charge in [-0.1, -0.05) is 68.3 Å². The summed E-state index contributed by atoms with van der Waals surface area (Å²) >= 11 is 0. The van der Waals surface area contributed by atoms with E-state index in [1.165, 1.54) is 6.92 Å². The van der Waals surface area contributed by atoms with Gasteiger partial charge in [-0.3, -0.25) is 48.1 Å². The number of primary amides is 1. The number of carbonyl (C=O) groups excluding carboxylic acids is 9. The van der Waals surface area contributed by atoms with Crippen molar-refractivity contribution in [2.45, 2.75) is 140 Å². The van der Waals surface area contributed by atoms with Crippen LogP contribution in [0.1, 0.15) is 95.6 Å². The zero-order chi connectivity index (χ0) is 55.1. The molecule has 0 bridgehead atoms. The molecule has 24 nitrogen and oxygen atoms in total. The molecular formula is C50H73N13O11S. The minimum absolute atomic E-state index is 0.0329. The smallest absolute Gasteiger partial charge is 0.243 e. The SMILES string of the molecule is CCCC[C@H](NC(C)=O)C(=O)N[C@H]1CCC(=O)NCCCC[C@@H](C(N)=O)NC(=O)[C@H](Cc2c[nH]c3ccccc23)NC(=O)[C@H](CCCN=C(N)N)NC(=O)[C@@H](Cc2ccccc2)NC(=O)[C@H](CCS(C)(=O)=O)NC1=O. The summed E-state index contributed by atoms with van der Waals surface area (Å²) in [5.41, 5.74) is 18.8. The molecule has 1 fully saturated rings. The molecular weight excluding hydrogens is 991 g/mol. The van der Waals surface area contributed by atoms with Crippen LogP contribution in [0.5, 0.6) is 0 Å². The fourth-order valence-electron chi connectivity index (χ4n) is 8.34. The van der Waals surface area contributed by atoms with E-state index < -0.39 is 117 Å². The number of hydrogen-bond donors (Lipinski definition) is 12. The monoisotopic (exact) mass is 1060 g/mol. The number of benzene rings is 2. The summed E-state index contributed by atoms with van der Waals surface area (Å²) in [6, 6.07) is 6.10. The van der Waals surface area contributed by atoms with E-state index in [9.17, 15) is 51.6 Å². The van der Waals surface area contributed by atoms with Crippen LogP contribution in [-0.2, 0) is 65.8 Å². The second-order valence-electron chi connectivity index (χ2n) is 18.7. The molecule has 1 aromatic heterocycles. The average Bonchev–Trinajstić information content (AvgIpc) is 3.76. The van der Waals surface area contributed by atoms with Crippen molar-refractivity contribution in [3.05, 3.63) is 71.9 Å². The Bertz CT molecular complexity index is 2610. The summed E-state index contributed by atoms with van der Waals surface area (Å²) in [6.07, 6.45) is 3.32. The molecule has 0 radical (unpaired) electrons. The zero-order valence-electron chi connectivity index (χ0n) is 42.7. The Morgan fingerprint density at radius 3 is 2.01 bits per heavy atom. The largest absolute Gasteiger partial charge is 0.370 e. The van der Waals surface area contributed by atoms with Crippen LogP contribution in [0.15, 0.2) is 65.8 Å². The number of guanidine groups is 1. The summed E-state index contributed by atoms with van der Waals surface area (Å²) in [6.45, 7) is 3.23. The minimum atomic E-state index is -3.77. The highest BCUT2D eigenvalue weighted by atomic mass is 32.2. The lowest BCUT2D eigenvalue weighted by atomic mass is 10.0. The van der Waals surface area contributed by atoms with E-state index in [1.54, 1.807) is 42.6 Å². The molecule has 25 heteroatoms. The maximum absolute atomic E-state index is 14.6. The van der Waals surface area contributed by atoms with Gasteiger partial charge in [0.15, 0.2) is 5.96 Å². The van der Waals surface area contributed by atoms with Crippen LogP contribution >= 0.6 is 0 Å². The summed E-state index contributed by atoms with van der Waals surface area (Å²) < 4.78 is 25.1. The lowest BCUT2D eigenvalue weighted by molar-refractivity contribution is -0.136. The average molecular weight is 1060 g/mol. The highest BCUT2D eigenvalue weighted by Crippen LogP contribution is 2.20. The molecule has 75 heavy (non-hydrogen) atoms. The number of hydrogen-bond acceptors (Lipinski definition) is 12. The fourth-order valence-corrected chi connectivity index (χ4v) is 9.00. The van der Waals surface area contributed by atoms with Gasteiger partial charge in [0.1, 0.15) is 52.1 Å². The molecule has 410 valence electrons. The molecule has 7 atom stereocenters. The van der Waals surface area contributed by atoms with Crippen molar-refractivity contribution in [3.8, 4) is 0 Å². The third kappa shape index (κ3) is 21.1. The van der Waals surface area contributed by atoms with Crippen LogP contribution < -0.4 is 59.7 Å². The summed E-state index contributed by atoms with van der Waals surface area (Å²) in [4.78, 5) is 131. The van der Waals surface area contributed by atoms with Crippen molar-refractivity contribution in [2.75, 3.05) is 25.1 Å². The molecule has 9 amide bonds. The molecule has 15 N–H and O–H groups in total. The number of unbranched alkanes of at least 4 members (excludes halogenated alkanes) is 1. The zero-order valence-corrected chi connectivity index (χ0v) is 43.5. The van der Waals surface area contributed by atoms with Crippen molar-refractivity contribution in [2.24, 2.45) is 22.2 Å². The molecule has 1 saturated heterocycles. The number of H-pyrrole nitrogens is 1. The molecule has 3 aromatic rings. The molecule has 0 saturated carbocycles. The predicted molar refractivity (Wildman–Crippen MR) is 280 cm³/mol. The van der Waals surface area contributed by atoms with Crippen LogP contribution in [0.4, 0.5) is 0 Å². The molecule has 0 spiro atoms. The summed E-state index contributed by atoms with van der Waals surface area (Å²) in [5.74, 6) is -7.95. The van der Waals surface area contributed by atoms with E-state index in [2.05, 4.69) is 52.5 Å². The van der Waals surface area contributed by atoms with Gasteiger partial charge in [-0.05, 0) is 68.6 Å². The normalized spacial score (nSPS) is 21.6. The van der Waals surface area contributed by atoms with E-state index in [-0.39, 0.29) is 76.8 Å². The minimum Gasteiger partial charge on any atom is -0.370 e. The lowest BCUT2D eigenvalue weighted by Gasteiger charge is -2.28. The Labute approximate surface area is 436 Å². The van der Waals surface area contributed by atoms with E-state index in [4.69, 9.17) is 17.2 Å². The second-order valence-corrected chi connectivity index (χ2v) is 20.9. The Hall–Kier alpha value is -7.57. The molecule has 2 aromatic carbocycles. The van der Waals surface area contributed by atoms with E-state index in [0.29, 0.717) is 30.4 Å². The Morgan fingerprint density at radius 2 is 1.36 bits per heavy atom. The van der Waals surface area contributed by atoms with Crippen molar-refractivity contribution < 1.29 is 51.6 Å². The van der Waals surface area contributed by atoms with Gasteiger partial charge in [-0.15, -0.1) is 0 Å². The van der Waals surface area contributed by atoms with Crippen LogP contribution in [0.25, 0.3) is 10.9 Å². The first-order chi connectivity index (χ1) is 35.6. The van der Waals surface area contributed by atoms with Crippen molar-refractivity contribution in [3.63, 3.8) is 0 Å². The number of sulfone groups is 1. The number of fused-ring (bicyclic) bond motifs is 1. The van der Waals surface area contributed by atoms with Gasteiger partial charge < -0.3 is 64.7 Å². The van der Waals surface area contributed by atoms with Crippen molar-refractivity contribution >= 4 is 79.9 Å². The number of nitrogens with one attached hydrogen (secondary N) is 9. The van der Waals surface area contributed by atoms with Crippen molar-refractivity contribution in [1.82, 2.24) is 47.5 Å². The number of carbonyl (C=O) groups is 9. The van der Waals surface area contributed by atoms with E-state index >= 15 is 0 Å². The maximum Gasteiger partial charge on any atom is 0.243 e. The number of aliphatic imine (C=N–C) groups is 1.